The zero-order valence-corrected chi connectivity index (χ0v) is 21.7. The number of hydrogen-bond acceptors (Lipinski definition) is 5. The molecule has 188 valence electrons. The number of aromatic nitrogens is 1. The Morgan fingerprint density at radius 1 is 1.00 bits per heavy atom. The predicted octanol–water partition coefficient (Wildman–Crippen LogP) is 5.27. The predicted molar refractivity (Wildman–Crippen MR) is 144 cm³/mol. The molecule has 9 heteroatoms. The molecule has 1 aromatic heterocycles. The van der Waals surface area contributed by atoms with Gasteiger partial charge in [0.25, 0.3) is 0 Å². The summed E-state index contributed by atoms with van der Waals surface area (Å²) < 4.78 is 0. The van der Waals surface area contributed by atoms with Crippen molar-refractivity contribution in [3.05, 3.63) is 29.3 Å². The van der Waals surface area contributed by atoms with Crippen LogP contribution in [0.2, 0.25) is 5.02 Å². The van der Waals surface area contributed by atoms with E-state index in [0.29, 0.717) is 30.2 Å². The van der Waals surface area contributed by atoms with Crippen molar-refractivity contribution in [2.24, 2.45) is 23.2 Å². The van der Waals surface area contributed by atoms with Crippen molar-refractivity contribution in [3.63, 3.8) is 0 Å². The van der Waals surface area contributed by atoms with E-state index in [1.54, 1.807) is 0 Å². The number of fused-ring (bicyclic) bond motifs is 1. The minimum Gasteiger partial charge on any atom is -0.395 e. The second-order valence-electron chi connectivity index (χ2n) is 10.2. The standard InChI is InChI=1S/C25H33ClN4O2.2ClH/c26-20-2-3-21-19(1-4-22(29-21)28-6-5-27-7-8-31)24(20)30-23(32)15-25-12-16-9-17(13-25)11-18(10-16)14-25;;/h1-4,16-18,27,31H,5-15H2,(H,28,29)(H,30,32);2*1H. The Morgan fingerprint density at radius 2 is 1.68 bits per heavy atom. The average Bonchev–Trinajstić information content (AvgIpc) is 2.74. The smallest absolute Gasteiger partial charge is 0.224 e. The maximum atomic E-state index is 13.2. The molecule has 1 aromatic carbocycles. The van der Waals surface area contributed by atoms with Crippen LogP contribution in [0.3, 0.4) is 0 Å². The number of nitrogens with zero attached hydrogens (tertiary/aromatic N) is 1. The molecular formula is C25H35Cl3N4O2. The summed E-state index contributed by atoms with van der Waals surface area (Å²) in [4.78, 5) is 17.8. The van der Waals surface area contributed by atoms with E-state index in [1.807, 2.05) is 24.3 Å². The number of hydrogen-bond donors (Lipinski definition) is 4. The number of rotatable bonds is 9. The minimum atomic E-state index is 0. The van der Waals surface area contributed by atoms with E-state index in [-0.39, 0.29) is 42.7 Å². The first kappa shape index (κ1) is 27.3. The third-order valence-electron chi connectivity index (χ3n) is 7.68. The molecule has 4 bridgehead atoms. The van der Waals surface area contributed by atoms with Gasteiger partial charge in [-0.05, 0) is 86.0 Å². The summed E-state index contributed by atoms with van der Waals surface area (Å²) in [6.07, 6.45) is 8.43. The van der Waals surface area contributed by atoms with Gasteiger partial charge in [-0.15, -0.1) is 24.8 Å². The Kier molecular flexibility index (Phi) is 9.32. The molecule has 0 saturated heterocycles. The largest absolute Gasteiger partial charge is 0.395 e. The van der Waals surface area contributed by atoms with E-state index in [9.17, 15) is 4.79 Å². The molecule has 6 rings (SSSR count). The van der Waals surface area contributed by atoms with Crippen LogP contribution in [0, 0.1) is 23.2 Å². The van der Waals surface area contributed by atoms with Gasteiger partial charge >= 0.3 is 0 Å². The molecule has 0 spiro atoms. The molecule has 4 N–H and O–H groups in total. The molecule has 0 unspecified atom stereocenters. The molecule has 4 saturated carbocycles. The monoisotopic (exact) mass is 528 g/mol. The van der Waals surface area contributed by atoms with Crippen molar-refractivity contribution in [3.8, 4) is 0 Å². The fourth-order valence-electron chi connectivity index (χ4n) is 6.92. The van der Waals surface area contributed by atoms with Crippen LogP contribution in [0.1, 0.15) is 44.9 Å². The Morgan fingerprint density at radius 3 is 2.32 bits per heavy atom. The topological polar surface area (TPSA) is 86.3 Å². The number of amides is 1. The zero-order valence-electron chi connectivity index (χ0n) is 19.3. The molecule has 6 nitrogen and oxygen atoms in total. The Labute approximate surface area is 218 Å². The van der Waals surface area contributed by atoms with Gasteiger partial charge in [0.05, 0.1) is 22.8 Å². The highest BCUT2D eigenvalue weighted by molar-refractivity contribution is 6.35. The van der Waals surface area contributed by atoms with Crippen molar-refractivity contribution in [1.82, 2.24) is 10.3 Å². The number of nitrogens with one attached hydrogen (secondary N) is 3. The van der Waals surface area contributed by atoms with Crippen molar-refractivity contribution >= 4 is 64.7 Å². The molecule has 0 atom stereocenters. The van der Waals surface area contributed by atoms with Crippen LogP contribution in [0.15, 0.2) is 24.3 Å². The number of benzene rings is 1. The average molecular weight is 530 g/mol. The maximum absolute atomic E-state index is 13.2. The van der Waals surface area contributed by atoms with Gasteiger partial charge in [0.1, 0.15) is 5.82 Å². The summed E-state index contributed by atoms with van der Waals surface area (Å²) in [6, 6.07) is 7.59. The van der Waals surface area contributed by atoms with E-state index in [0.717, 1.165) is 41.0 Å². The van der Waals surface area contributed by atoms with Gasteiger partial charge in [0, 0.05) is 31.4 Å². The van der Waals surface area contributed by atoms with Crippen LogP contribution in [-0.2, 0) is 4.79 Å². The van der Waals surface area contributed by atoms with Crippen molar-refractivity contribution < 1.29 is 9.90 Å². The molecule has 1 heterocycles. The molecule has 0 aliphatic heterocycles. The highest BCUT2D eigenvalue weighted by Gasteiger charge is 2.51. The van der Waals surface area contributed by atoms with Crippen molar-refractivity contribution in [2.75, 3.05) is 36.9 Å². The molecule has 1 amide bonds. The highest BCUT2D eigenvalue weighted by Crippen LogP contribution is 2.61. The number of aliphatic hydroxyl groups is 1. The summed E-state index contributed by atoms with van der Waals surface area (Å²) in [5.41, 5.74) is 1.67. The van der Waals surface area contributed by atoms with Crippen LogP contribution in [-0.4, -0.2) is 42.2 Å². The lowest BCUT2D eigenvalue weighted by Gasteiger charge is -2.56. The summed E-state index contributed by atoms with van der Waals surface area (Å²) in [6.45, 7) is 2.16. The van der Waals surface area contributed by atoms with Gasteiger partial charge in [0.2, 0.25) is 5.91 Å². The summed E-state index contributed by atoms with van der Waals surface area (Å²) >= 11 is 6.51. The van der Waals surface area contributed by atoms with Crippen LogP contribution in [0.5, 0.6) is 0 Å². The van der Waals surface area contributed by atoms with Crippen molar-refractivity contribution in [1.29, 1.82) is 0 Å². The molecule has 4 fully saturated rings. The van der Waals surface area contributed by atoms with E-state index in [2.05, 4.69) is 20.9 Å². The van der Waals surface area contributed by atoms with Gasteiger partial charge in [-0.25, -0.2) is 4.98 Å². The van der Waals surface area contributed by atoms with Crippen LogP contribution >= 0.6 is 36.4 Å². The second-order valence-corrected chi connectivity index (χ2v) is 10.6. The molecule has 4 aliphatic rings. The first-order chi connectivity index (χ1) is 15.5. The second kappa shape index (κ2) is 11.6. The summed E-state index contributed by atoms with van der Waals surface area (Å²) in [5, 5.41) is 19.8. The Hall–Kier alpha value is -1.31. The third kappa shape index (κ3) is 5.90. The minimum absolute atomic E-state index is 0. The van der Waals surface area contributed by atoms with Crippen LogP contribution in [0.25, 0.3) is 10.9 Å². The Balaban J connectivity index is 0.00000162. The molecule has 34 heavy (non-hydrogen) atoms. The highest BCUT2D eigenvalue weighted by atomic mass is 35.5. The zero-order chi connectivity index (χ0) is 22.1. The van der Waals surface area contributed by atoms with Gasteiger partial charge in [-0.3, -0.25) is 4.79 Å². The number of aliphatic hydroxyl groups excluding tert-OH is 1. The number of pyridine rings is 1. The van der Waals surface area contributed by atoms with E-state index < -0.39 is 0 Å². The number of carbonyl (C=O) groups excluding carboxylic acids is 1. The van der Waals surface area contributed by atoms with Gasteiger partial charge < -0.3 is 21.1 Å². The maximum Gasteiger partial charge on any atom is 0.224 e. The summed E-state index contributed by atoms with van der Waals surface area (Å²) in [7, 11) is 0. The first-order valence-corrected chi connectivity index (χ1v) is 12.4. The molecule has 2 aromatic rings. The lowest BCUT2D eigenvalue weighted by Crippen LogP contribution is -2.47. The SMILES string of the molecule is Cl.Cl.O=C(CC12CC3CC(CC(C3)C1)C2)Nc1c(Cl)ccc2nc(NCCNCCO)ccc12. The molecular weight excluding hydrogens is 495 g/mol. The summed E-state index contributed by atoms with van der Waals surface area (Å²) in [5.74, 6) is 3.37. The van der Waals surface area contributed by atoms with Crippen LogP contribution in [0.4, 0.5) is 11.5 Å². The Bertz CT molecular complexity index is 968. The van der Waals surface area contributed by atoms with Gasteiger partial charge in [-0.1, -0.05) is 11.6 Å². The normalized spacial score (nSPS) is 26.6. The van der Waals surface area contributed by atoms with E-state index >= 15 is 0 Å². The lowest BCUT2D eigenvalue weighted by molar-refractivity contribution is -0.124. The van der Waals surface area contributed by atoms with Gasteiger partial charge in [-0.2, -0.15) is 0 Å². The first-order valence-electron chi connectivity index (χ1n) is 12.0. The van der Waals surface area contributed by atoms with Crippen molar-refractivity contribution in [2.45, 2.75) is 44.9 Å². The quantitative estimate of drug-likeness (QED) is 0.333. The number of halogens is 3. The molecule has 4 aliphatic carbocycles. The van der Waals surface area contributed by atoms with Gasteiger partial charge in [0.15, 0.2) is 0 Å². The number of carbonyl (C=O) groups is 1. The fourth-order valence-corrected chi connectivity index (χ4v) is 7.13. The fraction of sp³-hybridized carbons (Fsp3) is 0.600. The van der Waals surface area contributed by atoms with E-state index in [1.165, 1.54) is 38.5 Å². The third-order valence-corrected chi connectivity index (χ3v) is 8.00. The molecule has 0 radical (unpaired) electrons. The van der Waals surface area contributed by atoms with Crippen LogP contribution < -0.4 is 16.0 Å². The van der Waals surface area contributed by atoms with E-state index in [4.69, 9.17) is 16.7 Å². The number of anilines is 2. The lowest BCUT2D eigenvalue weighted by atomic mass is 9.49.